The Morgan fingerprint density at radius 2 is 1.57 bits per heavy atom. The molecule has 1 N–H and O–H groups in total. The fourth-order valence-corrected chi connectivity index (χ4v) is 6.13. The van der Waals surface area contributed by atoms with Gasteiger partial charge in [0.1, 0.15) is 0 Å². The van der Waals surface area contributed by atoms with Crippen LogP contribution in [0.4, 0.5) is 11.6 Å². The number of hydrogen-bond donors (Lipinski definition) is 1. The Morgan fingerprint density at radius 1 is 0.875 bits per heavy atom. The molecule has 0 spiro atoms. The molecule has 0 radical (unpaired) electrons. The van der Waals surface area contributed by atoms with E-state index in [1.807, 2.05) is 18.3 Å². The number of piperazine rings is 1. The monoisotopic (exact) mass is 553 g/mol. The molecule has 6 rings (SSSR count). The van der Waals surface area contributed by atoms with Crippen LogP contribution in [0.3, 0.4) is 0 Å². The van der Waals surface area contributed by atoms with Crippen LogP contribution in [-0.4, -0.2) is 72.8 Å². The van der Waals surface area contributed by atoms with Gasteiger partial charge in [0.25, 0.3) is 0 Å². The van der Waals surface area contributed by atoms with Gasteiger partial charge >= 0.3 is 0 Å². The average molecular weight is 554 g/mol. The predicted molar refractivity (Wildman–Crippen MR) is 163 cm³/mol. The van der Waals surface area contributed by atoms with Crippen molar-refractivity contribution in [2.75, 3.05) is 58.3 Å². The first-order valence-corrected chi connectivity index (χ1v) is 14.5. The minimum Gasteiger partial charge on any atom is -0.383 e. The van der Waals surface area contributed by atoms with Crippen molar-refractivity contribution in [2.45, 2.75) is 18.8 Å². The molecule has 7 heteroatoms. The van der Waals surface area contributed by atoms with E-state index in [1.54, 1.807) is 7.11 Å². The topological polar surface area (TPSA) is 53.5 Å². The van der Waals surface area contributed by atoms with Gasteiger partial charge in [-0.2, -0.15) is 0 Å². The molecular weight excluding hydrogens is 518 g/mol. The molecule has 1 saturated heterocycles. The van der Waals surface area contributed by atoms with Gasteiger partial charge in [0.15, 0.2) is 0 Å². The molecule has 2 aliphatic rings. The van der Waals surface area contributed by atoms with Gasteiger partial charge in [-0.15, -0.1) is 0 Å². The second kappa shape index (κ2) is 12.5. The molecule has 1 aliphatic carbocycles. The molecule has 6 nitrogen and oxygen atoms in total. The summed E-state index contributed by atoms with van der Waals surface area (Å²) in [5.74, 6) is 0.802. The van der Waals surface area contributed by atoms with Gasteiger partial charge in [-0.1, -0.05) is 66.2 Å². The van der Waals surface area contributed by atoms with E-state index in [0.717, 1.165) is 91.8 Å². The largest absolute Gasteiger partial charge is 0.383 e. The lowest BCUT2D eigenvalue weighted by Gasteiger charge is -2.34. The zero-order chi connectivity index (χ0) is 27.3. The van der Waals surface area contributed by atoms with Gasteiger partial charge in [-0.05, 0) is 53.3 Å². The van der Waals surface area contributed by atoms with E-state index in [9.17, 15) is 0 Å². The lowest BCUT2D eigenvalue weighted by molar-refractivity contribution is 0.0976. The number of methoxy groups -OCH3 is 1. The number of nitrogens with one attached hydrogen (secondary N) is 1. The van der Waals surface area contributed by atoms with E-state index in [-0.39, 0.29) is 5.92 Å². The zero-order valence-electron chi connectivity index (χ0n) is 23.0. The standard InChI is InChI=1S/C33H36ClN5O/c1-40-21-20-39-18-16-38(17-19-39)15-14-24-10-12-26(13-11-24)36-33-35-23-25-22-30(28-7-4-5-9-31(28)34)27-6-2-3-8-29(27)32(25)37-33/h2-13,23,30H,14-22H2,1H3,(H,35,36,37). The van der Waals surface area contributed by atoms with E-state index >= 15 is 0 Å². The molecule has 1 aromatic heterocycles. The first-order chi connectivity index (χ1) is 19.7. The maximum atomic E-state index is 6.61. The van der Waals surface area contributed by atoms with Crippen LogP contribution in [0.25, 0.3) is 11.3 Å². The number of ether oxygens (including phenoxy) is 1. The number of benzene rings is 3. The molecule has 3 aromatic carbocycles. The number of hydrogen-bond acceptors (Lipinski definition) is 6. The number of nitrogens with zero attached hydrogens (tertiary/aromatic N) is 4. The molecule has 2 heterocycles. The van der Waals surface area contributed by atoms with Crippen LogP contribution in [0.5, 0.6) is 0 Å². The van der Waals surface area contributed by atoms with Crippen LogP contribution in [0.15, 0.2) is 79.0 Å². The highest BCUT2D eigenvalue weighted by molar-refractivity contribution is 6.31. The van der Waals surface area contributed by atoms with Gasteiger partial charge in [0, 0.05) is 74.8 Å². The summed E-state index contributed by atoms with van der Waals surface area (Å²) in [7, 11) is 1.77. The zero-order valence-corrected chi connectivity index (χ0v) is 23.8. The quantitative estimate of drug-likeness (QED) is 0.273. The number of anilines is 2. The van der Waals surface area contributed by atoms with Crippen LogP contribution in [0, 0.1) is 0 Å². The van der Waals surface area contributed by atoms with Crippen molar-refractivity contribution in [1.82, 2.24) is 19.8 Å². The highest BCUT2D eigenvalue weighted by atomic mass is 35.5. The average Bonchev–Trinajstić information content (AvgIpc) is 3.00. The number of rotatable bonds is 9. The van der Waals surface area contributed by atoms with Crippen LogP contribution in [0.1, 0.15) is 28.2 Å². The van der Waals surface area contributed by atoms with Crippen molar-refractivity contribution in [3.05, 3.63) is 106 Å². The Morgan fingerprint density at radius 3 is 2.33 bits per heavy atom. The maximum Gasteiger partial charge on any atom is 0.227 e. The second-order valence-electron chi connectivity index (χ2n) is 10.7. The summed E-state index contributed by atoms with van der Waals surface area (Å²) in [4.78, 5) is 14.7. The van der Waals surface area contributed by atoms with Gasteiger partial charge in [0.05, 0.1) is 12.3 Å². The van der Waals surface area contributed by atoms with E-state index in [0.29, 0.717) is 5.95 Å². The van der Waals surface area contributed by atoms with Crippen molar-refractivity contribution in [2.24, 2.45) is 0 Å². The molecule has 1 aliphatic heterocycles. The minimum absolute atomic E-state index is 0.187. The predicted octanol–water partition coefficient (Wildman–Crippen LogP) is 6.04. The van der Waals surface area contributed by atoms with E-state index in [2.05, 4.69) is 80.8 Å². The third-order valence-corrected chi connectivity index (χ3v) is 8.51. The van der Waals surface area contributed by atoms with Crippen molar-refractivity contribution < 1.29 is 4.74 Å². The highest BCUT2D eigenvalue weighted by Crippen LogP contribution is 2.43. The summed E-state index contributed by atoms with van der Waals surface area (Å²) >= 11 is 6.61. The van der Waals surface area contributed by atoms with E-state index in [1.165, 1.54) is 11.1 Å². The Hall–Kier alpha value is -3.29. The maximum absolute atomic E-state index is 6.61. The Kier molecular flexibility index (Phi) is 8.40. The van der Waals surface area contributed by atoms with Crippen molar-refractivity contribution in [3.63, 3.8) is 0 Å². The van der Waals surface area contributed by atoms with Crippen molar-refractivity contribution >= 4 is 23.2 Å². The summed E-state index contributed by atoms with van der Waals surface area (Å²) in [6.07, 6.45) is 3.85. The molecule has 0 bridgehead atoms. The molecule has 0 amide bonds. The summed E-state index contributed by atoms with van der Waals surface area (Å²) in [6, 6.07) is 25.3. The van der Waals surface area contributed by atoms with Crippen molar-refractivity contribution in [1.29, 1.82) is 0 Å². The first-order valence-electron chi connectivity index (χ1n) is 14.2. The normalized spacial score (nSPS) is 17.3. The molecule has 4 aromatic rings. The van der Waals surface area contributed by atoms with Gasteiger partial charge < -0.3 is 15.0 Å². The molecule has 0 saturated carbocycles. The van der Waals surface area contributed by atoms with Crippen LogP contribution in [-0.2, 0) is 17.6 Å². The van der Waals surface area contributed by atoms with Crippen LogP contribution >= 0.6 is 11.6 Å². The van der Waals surface area contributed by atoms with E-state index < -0.39 is 0 Å². The van der Waals surface area contributed by atoms with Crippen LogP contribution < -0.4 is 5.32 Å². The van der Waals surface area contributed by atoms with Gasteiger partial charge in [0.2, 0.25) is 5.95 Å². The minimum atomic E-state index is 0.187. The lowest BCUT2D eigenvalue weighted by Crippen LogP contribution is -2.47. The molecule has 206 valence electrons. The fraction of sp³-hybridized carbons (Fsp3) is 0.333. The third kappa shape index (κ3) is 6.06. The molecule has 1 unspecified atom stereocenters. The number of halogens is 1. The van der Waals surface area contributed by atoms with E-state index in [4.69, 9.17) is 21.3 Å². The van der Waals surface area contributed by atoms with Gasteiger partial charge in [-0.3, -0.25) is 4.90 Å². The Labute approximate surface area is 242 Å². The summed E-state index contributed by atoms with van der Waals surface area (Å²) in [5, 5.41) is 4.22. The Bertz CT molecular complexity index is 1440. The number of aromatic nitrogens is 2. The molecule has 40 heavy (non-hydrogen) atoms. The molecule has 1 fully saturated rings. The SMILES string of the molecule is COCCN1CCN(CCc2ccc(Nc3ncc4c(n3)-c3ccccc3C(c3ccccc3Cl)C4)cc2)CC1. The second-order valence-corrected chi connectivity index (χ2v) is 11.1. The summed E-state index contributed by atoms with van der Waals surface area (Å²) < 4.78 is 5.21. The summed E-state index contributed by atoms with van der Waals surface area (Å²) in [6.45, 7) is 7.43. The van der Waals surface area contributed by atoms with Crippen molar-refractivity contribution in [3.8, 4) is 11.3 Å². The molecular formula is C33H36ClN5O. The third-order valence-electron chi connectivity index (χ3n) is 8.16. The van der Waals surface area contributed by atoms with Gasteiger partial charge in [-0.25, -0.2) is 9.97 Å². The van der Waals surface area contributed by atoms with Crippen LogP contribution in [0.2, 0.25) is 5.02 Å². The highest BCUT2D eigenvalue weighted by Gasteiger charge is 2.28. The lowest BCUT2D eigenvalue weighted by atomic mass is 9.78. The smallest absolute Gasteiger partial charge is 0.227 e. The fourth-order valence-electron chi connectivity index (χ4n) is 5.86. The Balaban J connectivity index is 1.10. The summed E-state index contributed by atoms with van der Waals surface area (Å²) in [5.41, 5.74) is 8.03. The number of fused-ring (bicyclic) bond motifs is 3. The first kappa shape index (κ1) is 26.9. The molecule has 1 atom stereocenters.